The zero-order valence-electron chi connectivity index (χ0n) is 62.1. The highest BCUT2D eigenvalue weighted by molar-refractivity contribution is 9.11. The Morgan fingerprint density at radius 1 is 0.353 bits per heavy atom. The van der Waals surface area contributed by atoms with Gasteiger partial charge in [-0.1, -0.05) is 54.1 Å². The highest BCUT2D eigenvalue weighted by Crippen LogP contribution is 2.45. The highest BCUT2D eigenvalue weighted by Gasteiger charge is 2.52. The third-order valence-electron chi connectivity index (χ3n) is 22.8. The van der Waals surface area contributed by atoms with Gasteiger partial charge in [-0.05, 0) is 226 Å². The quantitative estimate of drug-likeness (QED) is 0.0699. The first-order chi connectivity index (χ1) is 56.6. The summed E-state index contributed by atoms with van der Waals surface area (Å²) in [6.45, 7) is 2.91. The number of anilines is 4. The maximum atomic E-state index is 14.8. The Labute approximate surface area is 696 Å². The van der Waals surface area contributed by atoms with Gasteiger partial charge in [-0.2, -0.15) is 30.0 Å². The average molecular weight is 1770 g/mol. The smallest absolute Gasteiger partial charge is 0.257 e. The Morgan fingerprint density at radius 2 is 0.707 bits per heavy atom. The van der Waals surface area contributed by atoms with Crippen molar-refractivity contribution in [3.05, 3.63) is 272 Å². The summed E-state index contributed by atoms with van der Waals surface area (Å²) in [5.41, 5.74) is 3.57. The fourth-order valence-electron chi connectivity index (χ4n) is 17.9. The van der Waals surface area contributed by atoms with Crippen LogP contribution in [-0.2, 0) is 0 Å². The molecule has 0 spiro atoms. The van der Waals surface area contributed by atoms with Crippen molar-refractivity contribution in [2.24, 2.45) is 23.7 Å². The number of piperidine rings is 4. The monoisotopic (exact) mass is 1770 g/mol. The Hall–Kier alpha value is -11.4. The number of nitrogens with one attached hydrogen (secondary N) is 4. The largest absolute Gasteiger partial charge is 0.365 e. The van der Waals surface area contributed by atoms with E-state index in [4.69, 9.17) is 11.6 Å². The summed E-state index contributed by atoms with van der Waals surface area (Å²) in [4.78, 5) is 98.7. The molecule has 4 N–H and O–H groups in total. The first-order valence-electron chi connectivity index (χ1n) is 38.4. The van der Waals surface area contributed by atoms with E-state index in [0.717, 1.165) is 101 Å². The lowest BCUT2D eigenvalue weighted by Crippen LogP contribution is -2.48. The van der Waals surface area contributed by atoms with Crippen LogP contribution in [0.2, 0.25) is 5.02 Å². The molecular weight excluding hydrogens is 1690 g/mol. The van der Waals surface area contributed by atoms with E-state index in [9.17, 15) is 28.0 Å². The van der Waals surface area contributed by atoms with Crippen LogP contribution in [0.1, 0.15) is 92.8 Å². The average Bonchev–Trinajstić information content (AvgIpc) is 1.63. The summed E-state index contributed by atoms with van der Waals surface area (Å²) < 4.78 is 32.3. The molecule has 8 bridgehead atoms. The standard InChI is InChI=1S/2C22H19BrFN5O.C20H19BrN6O.C20H19ClN6O/c23-14-5-6-19(27-11-14)28-17-9-13-10-18(17)29(12-13)22(30)15-3-1-4-16(24)20(15)21-25-7-2-8-26-21;23-14-5-6-19(27-11-14)28-17-9-13-10-18(17)29(12-13)22(30)20-15(3-1-4-16(20)24)21-25-7-2-8-26-21;2*21-14-5-6-19(22-11-14)25-16-9-13-10-18(16)26(12-13)20(28)15-3-1-2-4-17(15)27-23-7-8-24-27/h2*1-8,11,13,17-18H,9-10,12H2,(H,27,28);2*1-8,11,13,16,18H,9-10,12H2,(H,22,25). The minimum atomic E-state index is -0.549. The van der Waals surface area contributed by atoms with Gasteiger partial charge in [0, 0.05) is 119 Å². The van der Waals surface area contributed by atoms with Gasteiger partial charge in [-0.15, -0.1) is 0 Å². The molecule has 8 aromatic heterocycles. The Kier molecular flexibility index (Phi) is 22.7. The van der Waals surface area contributed by atoms with Crippen LogP contribution in [0.5, 0.6) is 0 Å². The zero-order chi connectivity index (χ0) is 79.5. The molecule has 4 saturated heterocycles. The fourth-order valence-corrected chi connectivity index (χ4v) is 18.7. The SMILES string of the molecule is O=C(c1c(F)cccc1-c1ncccn1)N1CC2CC(Nc3ccc(Br)cn3)C1C2.O=C(c1cccc(F)c1-c1ncccn1)N1CC2CC(Nc3ccc(Br)cn3)C1C2.O=C(c1ccccc1-n1nccn1)N1CC2CC(Nc3ccc(Br)cn3)C1C2.O=C(c1ccccc1-n1nccn1)N1CC2CC(Nc3ccc(Cl)cn3)C1C2. The second-order valence-electron chi connectivity index (χ2n) is 30.0. The molecule has 12 heterocycles. The van der Waals surface area contributed by atoms with Crippen LogP contribution in [0.25, 0.3) is 34.2 Å². The lowest BCUT2D eigenvalue weighted by atomic mass is 10.0. The number of amides is 4. The van der Waals surface area contributed by atoms with Gasteiger partial charge in [0.2, 0.25) is 0 Å². The summed E-state index contributed by atoms with van der Waals surface area (Å²) >= 11 is 16.1. The molecule has 4 aromatic carbocycles. The number of carbonyl (C=O) groups is 4. The molecule has 4 aliphatic heterocycles. The lowest BCUT2D eigenvalue weighted by Gasteiger charge is -2.34. The molecule has 12 atom stereocenters. The van der Waals surface area contributed by atoms with E-state index in [1.165, 1.54) is 21.7 Å². The predicted octanol–water partition coefficient (Wildman–Crippen LogP) is 14.5. The number of rotatable bonds is 16. The molecule has 4 saturated carbocycles. The molecule has 588 valence electrons. The number of likely N-dealkylation sites (tertiary alicyclic amines) is 4. The molecule has 8 fully saturated rings. The van der Waals surface area contributed by atoms with Crippen LogP contribution in [-0.4, -0.2) is 188 Å². The van der Waals surface area contributed by atoms with Gasteiger partial charge >= 0.3 is 0 Å². The molecule has 26 nitrogen and oxygen atoms in total. The second-order valence-corrected chi connectivity index (χ2v) is 33.2. The molecule has 8 aliphatic rings. The van der Waals surface area contributed by atoms with E-state index >= 15 is 0 Å². The van der Waals surface area contributed by atoms with Crippen molar-refractivity contribution in [1.82, 2.24) is 89.5 Å². The van der Waals surface area contributed by atoms with Gasteiger partial charge in [-0.3, -0.25) is 19.2 Å². The number of benzene rings is 4. The van der Waals surface area contributed by atoms with Crippen LogP contribution in [0.15, 0.2) is 233 Å². The predicted molar refractivity (Wildman–Crippen MR) is 442 cm³/mol. The topological polar surface area (TPSA) is 294 Å². The van der Waals surface area contributed by atoms with Crippen molar-refractivity contribution in [1.29, 1.82) is 0 Å². The molecule has 0 radical (unpaired) electrons. The zero-order valence-corrected chi connectivity index (χ0v) is 67.7. The molecule has 4 amide bonds. The van der Waals surface area contributed by atoms with Crippen molar-refractivity contribution >= 4 is 106 Å². The molecule has 4 aliphatic carbocycles. The maximum Gasteiger partial charge on any atom is 0.257 e. The molecule has 12 aromatic rings. The molecule has 32 heteroatoms. The summed E-state index contributed by atoms with van der Waals surface area (Å²) in [6.07, 6.45) is 27.6. The van der Waals surface area contributed by atoms with Crippen LogP contribution >= 0.6 is 59.4 Å². The Morgan fingerprint density at radius 3 is 1.09 bits per heavy atom. The number of nitrogens with zero attached hydrogens (tertiary/aromatic N) is 18. The van der Waals surface area contributed by atoms with Gasteiger partial charge < -0.3 is 40.9 Å². The van der Waals surface area contributed by atoms with Crippen molar-refractivity contribution < 1.29 is 28.0 Å². The van der Waals surface area contributed by atoms with Gasteiger partial charge in [0.05, 0.1) is 93.2 Å². The molecule has 12 unspecified atom stereocenters. The number of hydrogen-bond acceptors (Lipinski definition) is 20. The molecular formula is C84H76Br3ClF2N22O4. The van der Waals surface area contributed by atoms with Crippen molar-refractivity contribution in [2.75, 3.05) is 47.4 Å². The number of carbonyl (C=O) groups excluding carboxylic acids is 4. The van der Waals surface area contributed by atoms with E-state index < -0.39 is 11.6 Å². The third-order valence-corrected chi connectivity index (χ3v) is 24.4. The van der Waals surface area contributed by atoms with Crippen LogP contribution in [0.4, 0.5) is 32.1 Å². The third kappa shape index (κ3) is 16.6. The number of para-hydroxylation sites is 2. The Balaban J connectivity index is 0.000000111. The number of halogens is 6. The summed E-state index contributed by atoms with van der Waals surface area (Å²) in [5.74, 6) is 4.14. The maximum absolute atomic E-state index is 14.8. The summed E-state index contributed by atoms with van der Waals surface area (Å²) in [7, 11) is 0. The first kappa shape index (κ1) is 77.2. The fraction of sp³-hybridized carbons (Fsp3) is 0.286. The van der Waals surface area contributed by atoms with Crippen molar-refractivity contribution in [3.8, 4) is 34.2 Å². The van der Waals surface area contributed by atoms with Crippen molar-refractivity contribution in [3.63, 3.8) is 0 Å². The Bertz CT molecular complexity index is 5330. The lowest BCUT2D eigenvalue weighted by molar-refractivity contribution is 0.0681. The number of pyridine rings is 4. The second kappa shape index (κ2) is 34.2. The summed E-state index contributed by atoms with van der Waals surface area (Å²) in [6, 6.07) is 43.8. The van der Waals surface area contributed by atoms with Crippen molar-refractivity contribution in [2.45, 2.75) is 99.7 Å². The summed E-state index contributed by atoms with van der Waals surface area (Å²) in [5, 5.41) is 31.3. The van der Waals surface area contributed by atoms with Crippen LogP contribution in [0, 0.1) is 35.3 Å². The van der Waals surface area contributed by atoms with E-state index in [-0.39, 0.29) is 88.9 Å². The molecule has 116 heavy (non-hydrogen) atoms. The highest BCUT2D eigenvalue weighted by atomic mass is 79.9. The van der Waals surface area contributed by atoms with Gasteiger partial charge in [0.25, 0.3) is 23.6 Å². The van der Waals surface area contributed by atoms with E-state index in [0.29, 0.717) is 81.2 Å². The van der Waals surface area contributed by atoms with Gasteiger partial charge in [0.15, 0.2) is 11.6 Å². The van der Waals surface area contributed by atoms with Gasteiger partial charge in [-0.25, -0.2) is 48.7 Å². The van der Waals surface area contributed by atoms with Gasteiger partial charge in [0.1, 0.15) is 34.9 Å². The van der Waals surface area contributed by atoms with Crippen LogP contribution in [0.3, 0.4) is 0 Å². The van der Waals surface area contributed by atoms with E-state index in [1.54, 1.807) is 116 Å². The minimum Gasteiger partial charge on any atom is -0.365 e. The normalized spacial score (nSPS) is 22.7. The number of fused-ring (bicyclic) bond motifs is 8. The van der Waals surface area contributed by atoms with E-state index in [2.05, 4.69) is 129 Å². The number of hydrogen-bond donors (Lipinski definition) is 4. The molecule has 20 rings (SSSR count). The van der Waals surface area contributed by atoms with Crippen LogP contribution < -0.4 is 21.3 Å². The van der Waals surface area contributed by atoms with E-state index in [1.807, 2.05) is 112 Å². The first-order valence-corrected chi connectivity index (χ1v) is 41.1. The minimum absolute atomic E-state index is 0.00269. The number of aromatic nitrogens is 14.